The summed E-state index contributed by atoms with van der Waals surface area (Å²) < 4.78 is 10.2. The number of hydrogen-bond acceptors (Lipinski definition) is 4. The number of methoxy groups -OCH3 is 1. The van der Waals surface area contributed by atoms with E-state index in [-0.39, 0.29) is 18.6 Å². The van der Waals surface area contributed by atoms with Crippen LogP contribution in [0.1, 0.15) is 18.5 Å². The third kappa shape index (κ3) is 4.73. The summed E-state index contributed by atoms with van der Waals surface area (Å²) in [5.74, 6) is 0.617. The average molecular weight is 252 g/mol. The van der Waals surface area contributed by atoms with Gasteiger partial charge in [-0.15, -0.1) is 0 Å². The molecule has 1 rings (SSSR count). The quantitative estimate of drug-likeness (QED) is 0.705. The number of nitrogens with one attached hydrogen (secondary N) is 1. The molecule has 0 aliphatic carbocycles. The van der Waals surface area contributed by atoms with E-state index in [1.54, 1.807) is 7.11 Å². The van der Waals surface area contributed by atoms with Gasteiger partial charge in [0.15, 0.2) is 0 Å². The maximum absolute atomic E-state index is 11.5. The minimum Gasteiger partial charge on any atom is -0.497 e. The van der Waals surface area contributed by atoms with E-state index in [0.29, 0.717) is 13.2 Å². The van der Waals surface area contributed by atoms with Crippen LogP contribution in [0.25, 0.3) is 0 Å². The zero-order chi connectivity index (χ0) is 13.4. The van der Waals surface area contributed by atoms with Gasteiger partial charge in [-0.1, -0.05) is 12.1 Å². The van der Waals surface area contributed by atoms with Gasteiger partial charge in [-0.25, -0.2) is 0 Å². The van der Waals surface area contributed by atoms with Gasteiger partial charge in [0.05, 0.1) is 19.8 Å². The molecule has 0 unspecified atom stereocenters. The molecule has 0 aliphatic heterocycles. The lowest BCUT2D eigenvalue weighted by Gasteiger charge is -2.15. The second kappa shape index (κ2) is 7.68. The van der Waals surface area contributed by atoms with Crippen LogP contribution in [0.2, 0.25) is 0 Å². The van der Waals surface area contributed by atoms with E-state index in [9.17, 15) is 4.79 Å². The molecule has 0 saturated heterocycles. The van der Waals surface area contributed by atoms with Gasteiger partial charge in [0.2, 0.25) is 5.91 Å². The molecule has 1 aromatic carbocycles. The highest BCUT2D eigenvalue weighted by Gasteiger charge is 2.10. The van der Waals surface area contributed by atoms with Crippen molar-refractivity contribution in [3.63, 3.8) is 0 Å². The van der Waals surface area contributed by atoms with Crippen molar-refractivity contribution >= 4 is 5.91 Å². The van der Waals surface area contributed by atoms with Crippen LogP contribution in [0.15, 0.2) is 24.3 Å². The maximum atomic E-state index is 11.5. The van der Waals surface area contributed by atoms with Crippen LogP contribution in [-0.4, -0.2) is 32.8 Å². The fraction of sp³-hybridized carbons (Fsp3) is 0.462. The number of benzene rings is 1. The number of carbonyl (C=O) groups is 1. The Hall–Kier alpha value is -1.59. The number of ether oxygens (including phenoxy) is 2. The topological polar surface area (TPSA) is 73.6 Å². The first kappa shape index (κ1) is 14.5. The van der Waals surface area contributed by atoms with E-state index in [4.69, 9.17) is 15.2 Å². The van der Waals surface area contributed by atoms with Crippen molar-refractivity contribution in [2.45, 2.75) is 13.0 Å². The van der Waals surface area contributed by atoms with Crippen molar-refractivity contribution in [3.05, 3.63) is 29.8 Å². The molecule has 5 nitrogen and oxygen atoms in total. The molecule has 1 atom stereocenters. The zero-order valence-electron chi connectivity index (χ0n) is 10.8. The molecule has 0 bridgehead atoms. The first-order valence-electron chi connectivity index (χ1n) is 5.88. The first-order chi connectivity index (χ1) is 8.67. The largest absolute Gasteiger partial charge is 0.497 e. The van der Waals surface area contributed by atoms with Crippen molar-refractivity contribution in [1.82, 2.24) is 5.32 Å². The number of hydrogen-bond donors (Lipinski definition) is 2. The molecular formula is C13H20N2O3. The van der Waals surface area contributed by atoms with Crippen molar-refractivity contribution in [3.8, 4) is 5.75 Å². The molecule has 3 N–H and O–H groups in total. The second-order valence-electron chi connectivity index (χ2n) is 3.91. The standard InChI is InChI=1S/C13H20N2O3/c1-10(15-13(16)9-18-7-6-14)11-4-3-5-12(8-11)17-2/h3-5,8,10H,6-7,9,14H2,1-2H3,(H,15,16)/t10-/m0/s1. The Balaban J connectivity index is 2.48. The highest BCUT2D eigenvalue weighted by Crippen LogP contribution is 2.18. The number of amides is 1. The Kier molecular flexibility index (Phi) is 6.18. The molecule has 1 amide bonds. The van der Waals surface area contributed by atoms with E-state index < -0.39 is 0 Å². The van der Waals surface area contributed by atoms with Crippen molar-refractivity contribution < 1.29 is 14.3 Å². The van der Waals surface area contributed by atoms with Crippen molar-refractivity contribution in [2.75, 3.05) is 26.9 Å². The van der Waals surface area contributed by atoms with Gasteiger partial charge < -0.3 is 20.5 Å². The summed E-state index contributed by atoms with van der Waals surface area (Å²) in [7, 11) is 1.61. The summed E-state index contributed by atoms with van der Waals surface area (Å²) in [5, 5.41) is 2.85. The normalized spacial score (nSPS) is 11.9. The molecular weight excluding hydrogens is 232 g/mol. The molecule has 0 heterocycles. The van der Waals surface area contributed by atoms with Crippen LogP contribution in [0.4, 0.5) is 0 Å². The highest BCUT2D eigenvalue weighted by molar-refractivity contribution is 5.77. The number of rotatable bonds is 7. The molecule has 0 radical (unpaired) electrons. The van der Waals surface area contributed by atoms with E-state index in [1.165, 1.54) is 0 Å². The van der Waals surface area contributed by atoms with Gasteiger partial charge in [-0.3, -0.25) is 4.79 Å². The fourth-order valence-corrected chi connectivity index (χ4v) is 1.53. The summed E-state index contributed by atoms with van der Waals surface area (Å²) in [6.07, 6.45) is 0. The third-order valence-electron chi connectivity index (χ3n) is 2.47. The molecule has 18 heavy (non-hydrogen) atoms. The maximum Gasteiger partial charge on any atom is 0.246 e. The van der Waals surface area contributed by atoms with Crippen LogP contribution >= 0.6 is 0 Å². The van der Waals surface area contributed by atoms with E-state index in [2.05, 4.69) is 5.32 Å². The van der Waals surface area contributed by atoms with Crippen LogP contribution in [0.5, 0.6) is 5.75 Å². The number of carbonyl (C=O) groups excluding carboxylic acids is 1. The monoisotopic (exact) mass is 252 g/mol. The minimum atomic E-state index is -0.154. The molecule has 0 fully saturated rings. The van der Waals surface area contributed by atoms with E-state index >= 15 is 0 Å². The van der Waals surface area contributed by atoms with Gasteiger partial charge in [0.1, 0.15) is 12.4 Å². The fourth-order valence-electron chi connectivity index (χ4n) is 1.53. The Bertz CT molecular complexity index is 382. The molecule has 100 valence electrons. The minimum absolute atomic E-state index is 0.0332. The lowest BCUT2D eigenvalue weighted by atomic mass is 10.1. The smallest absolute Gasteiger partial charge is 0.246 e. The Morgan fingerprint density at radius 3 is 2.94 bits per heavy atom. The van der Waals surface area contributed by atoms with Gasteiger partial charge >= 0.3 is 0 Å². The Morgan fingerprint density at radius 2 is 2.28 bits per heavy atom. The first-order valence-corrected chi connectivity index (χ1v) is 5.88. The van der Waals surface area contributed by atoms with Gasteiger partial charge in [-0.05, 0) is 24.6 Å². The third-order valence-corrected chi connectivity index (χ3v) is 2.47. The Morgan fingerprint density at radius 1 is 1.50 bits per heavy atom. The molecule has 0 spiro atoms. The SMILES string of the molecule is COc1cccc([C@H](C)NC(=O)COCCN)c1. The van der Waals surface area contributed by atoms with E-state index in [1.807, 2.05) is 31.2 Å². The molecule has 5 heteroatoms. The number of nitrogens with two attached hydrogens (primary N) is 1. The predicted molar refractivity (Wildman–Crippen MR) is 69.4 cm³/mol. The molecule has 0 saturated carbocycles. The average Bonchev–Trinajstić information content (AvgIpc) is 2.39. The van der Waals surface area contributed by atoms with Crippen LogP contribution in [-0.2, 0) is 9.53 Å². The lowest BCUT2D eigenvalue weighted by Crippen LogP contribution is -2.30. The van der Waals surface area contributed by atoms with Gasteiger partial charge in [0, 0.05) is 6.54 Å². The summed E-state index contributed by atoms with van der Waals surface area (Å²) in [6, 6.07) is 7.50. The van der Waals surface area contributed by atoms with Crippen molar-refractivity contribution in [1.29, 1.82) is 0 Å². The molecule has 1 aromatic rings. The van der Waals surface area contributed by atoms with Gasteiger partial charge in [-0.2, -0.15) is 0 Å². The van der Waals surface area contributed by atoms with Crippen molar-refractivity contribution in [2.24, 2.45) is 5.73 Å². The van der Waals surface area contributed by atoms with E-state index in [0.717, 1.165) is 11.3 Å². The summed E-state index contributed by atoms with van der Waals surface area (Å²) >= 11 is 0. The highest BCUT2D eigenvalue weighted by atomic mass is 16.5. The second-order valence-corrected chi connectivity index (χ2v) is 3.91. The zero-order valence-corrected chi connectivity index (χ0v) is 10.8. The lowest BCUT2D eigenvalue weighted by molar-refractivity contribution is -0.126. The van der Waals surface area contributed by atoms with Crippen LogP contribution in [0, 0.1) is 0 Å². The Labute approximate surface area is 107 Å². The summed E-state index contributed by atoms with van der Waals surface area (Å²) in [4.78, 5) is 11.5. The summed E-state index contributed by atoms with van der Waals surface area (Å²) in [6.45, 7) is 2.75. The van der Waals surface area contributed by atoms with Gasteiger partial charge in [0.25, 0.3) is 0 Å². The van der Waals surface area contributed by atoms with Crippen LogP contribution in [0.3, 0.4) is 0 Å². The summed E-state index contributed by atoms with van der Waals surface area (Å²) in [5.41, 5.74) is 6.26. The predicted octanol–water partition coefficient (Wildman–Crippen LogP) is 0.848. The molecule has 0 aliphatic rings. The molecule has 0 aromatic heterocycles. The van der Waals surface area contributed by atoms with Crippen LogP contribution < -0.4 is 15.8 Å².